The highest BCUT2D eigenvalue weighted by Crippen LogP contribution is 2.28. The molecule has 23 heavy (non-hydrogen) atoms. The van der Waals surface area contributed by atoms with Crippen molar-refractivity contribution in [2.24, 2.45) is 0 Å². The lowest BCUT2D eigenvalue weighted by atomic mass is 9.99. The van der Waals surface area contributed by atoms with E-state index in [9.17, 15) is 4.39 Å². The summed E-state index contributed by atoms with van der Waals surface area (Å²) in [4.78, 5) is 15.0. The average Bonchev–Trinajstić information content (AvgIpc) is 2.57. The second-order valence-corrected chi connectivity index (χ2v) is 5.56. The van der Waals surface area contributed by atoms with Crippen LogP contribution in [-0.2, 0) is 0 Å². The van der Waals surface area contributed by atoms with E-state index in [4.69, 9.17) is 0 Å². The molecule has 1 N–H and O–H groups in total. The fraction of sp³-hybridized carbons (Fsp3) is 0.353. The van der Waals surface area contributed by atoms with Crippen LogP contribution < -0.4 is 10.2 Å². The molecule has 1 aliphatic rings. The number of aromatic nitrogens is 3. The topological polar surface area (TPSA) is 53.9 Å². The highest BCUT2D eigenvalue weighted by molar-refractivity contribution is 5.71. The predicted molar refractivity (Wildman–Crippen MR) is 89.8 cm³/mol. The molecule has 0 unspecified atom stereocenters. The Balaban J connectivity index is 1.85. The lowest BCUT2D eigenvalue weighted by molar-refractivity contribution is 0.610. The molecule has 0 aliphatic carbocycles. The molecule has 0 radical (unpaired) electrons. The maximum absolute atomic E-state index is 14.0. The number of hydrogen-bond donors (Lipinski definition) is 1. The van der Waals surface area contributed by atoms with E-state index < -0.39 is 0 Å². The number of pyridine rings is 1. The summed E-state index contributed by atoms with van der Waals surface area (Å²) in [6, 6.07) is 3.05. The summed E-state index contributed by atoms with van der Waals surface area (Å²) in [7, 11) is 0. The molecule has 0 fully saturated rings. The first-order valence-corrected chi connectivity index (χ1v) is 7.79. The van der Waals surface area contributed by atoms with Gasteiger partial charge in [0, 0.05) is 25.8 Å². The van der Waals surface area contributed by atoms with Gasteiger partial charge in [-0.3, -0.25) is 4.98 Å². The lowest BCUT2D eigenvalue weighted by Gasteiger charge is -2.30. The third kappa shape index (κ3) is 3.31. The second kappa shape index (κ2) is 6.73. The Bertz CT molecular complexity index is 711. The summed E-state index contributed by atoms with van der Waals surface area (Å²) in [6.07, 6.45) is 5.99. The molecule has 0 bridgehead atoms. The molecule has 1 aliphatic heterocycles. The van der Waals surface area contributed by atoms with Gasteiger partial charge in [-0.25, -0.2) is 14.4 Å². The molecule has 120 valence electrons. The molecular formula is C17H20FN5. The van der Waals surface area contributed by atoms with E-state index in [0.29, 0.717) is 12.4 Å². The van der Waals surface area contributed by atoms with Gasteiger partial charge in [-0.15, -0.1) is 0 Å². The van der Waals surface area contributed by atoms with Gasteiger partial charge in [0.05, 0.1) is 18.1 Å². The Morgan fingerprint density at radius 3 is 2.83 bits per heavy atom. The molecular weight excluding hydrogens is 293 g/mol. The SMILES string of the molecule is CCNc1cnc(C2=C(C)CCN(c3ncccc3F)C2)cn1. The molecule has 0 saturated carbocycles. The van der Waals surface area contributed by atoms with Gasteiger partial charge < -0.3 is 10.2 Å². The van der Waals surface area contributed by atoms with Crippen LogP contribution >= 0.6 is 0 Å². The Morgan fingerprint density at radius 2 is 2.13 bits per heavy atom. The first-order valence-electron chi connectivity index (χ1n) is 7.79. The molecule has 0 saturated heterocycles. The highest BCUT2D eigenvalue weighted by Gasteiger charge is 2.22. The van der Waals surface area contributed by atoms with Crippen LogP contribution in [-0.4, -0.2) is 34.6 Å². The standard InChI is InChI=1S/C17H20FN5/c1-3-19-16-10-21-15(9-22-16)13-11-23(8-6-12(13)2)17-14(18)5-4-7-20-17/h4-5,7,9-10H,3,6,8,11H2,1-2H3,(H,19,22). The number of rotatable bonds is 4. The van der Waals surface area contributed by atoms with Crippen molar-refractivity contribution in [1.82, 2.24) is 15.0 Å². The summed E-state index contributed by atoms with van der Waals surface area (Å²) in [5.41, 5.74) is 3.20. The van der Waals surface area contributed by atoms with E-state index in [1.807, 2.05) is 11.8 Å². The minimum Gasteiger partial charge on any atom is -0.369 e. The molecule has 0 spiro atoms. The van der Waals surface area contributed by atoms with Crippen molar-refractivity contribution >= 4 is 17.2 Å². The van der Waals surface area contributed by atoms with Crippen molar-refractivity contribution in [2.75, 3.05) is 29.9 Å². The maximum Gasteiger partial charge on any atom is 0.165 e. The molecule has 3 heterocycles. The van der Waals surface area contributed by atoms with Crippen LogP contribution in [0.25, 0.3) is 5.57 Å². The predicted octanol–water partition coefficient (Wildman–Crippen LogP) is 3.13. The minimum absolute atomic E-state index is 0.292. The largest absolute Gasteiger partial charge is 0.369 e. The van der Waals surface area contributed by atoms with Crippen LogP contribution in [0.2, 0.25) is 0 Å². The highest BCUT2D eigenvalue weighted by atomic mass is 19.1. The van der Waals surface area contributed by atoms with E-state index in [1.165, 1.54) is 11.6 Å². The van der Waals surface area contributed by atoms with Crippen LogP contribution in [0.15, 0.2) is 36.3 Å². The fourth-order valence-corrected chi connectivity index (χ4v) is 2.71. The zero-order valence-electron chi connectivity index (χ0n) is 13.4. The Kier molecular flexibility index (Phi) is 4.50. The summed E-state index contributed by atoms with van der Waals surface area (Å²) in [6.45, 7) is 6.27. The van der Waals surface area contributed by atoms with Crippen molar-refractivity contribution in [2.45, 2.75) is 20.3 Å². The van der Waals surface area contributed by atoms with Gasteiger partial charge in [-0.05, 0) is 38.0 Å². The van der Waals surface area contributed by atoms with Crippen molar-refractivity contribution < 1.29 is 4.39 Å². The molecule has 0 aromatic carbocycles. The number of halogens is 1. The lowest BCUT2D eigenvalue weighted by Crippen LogP contribution is -2.32. The van der Waals surface area contributed by atoms with Crippen molar-refractivity contribution in [3.63, 3.8) is 0 Å². The Hall–Kier alpha value is -2.50. The molecule has 0 amide bonds. The van der Waals surface area contributed by atoms with Crippen LogP contribution in [0.3, 0.4) is 0 Å². The molecule has 5 nitrogen and oxygen atoms in total. The first-order chi connectivity index (χ1) is 11.2. The van der Waals surface area contributed by atoms with Crippen LogP contribution in [0, 0.1) is 5.82 Å². The van der Waals surface area contributed by atoms with E-state index in [0.717, 1.165) is 36.6 Å². The summed E-state index contributed by atoms with van der Waals surface area (Å²) >= 11 is 0. The quantitative estimate of drug-likeness (QED) is 0.940. The van der Waals surface area contributed by atoms with Gasteiger partial charge in [0.2, 0.25) is 0 Å². The fourth-order valence-electron chi connectivity index (χ4n) is 2.71. The zero-order chi connectivity index (χ0) is 16.2. The van der Waals surface area contributed by atoms with Crippen LogP contribution in [0.5, 0.6) is 0 Å². The molecule has 2 aromatic rings. The van der Waals surface area contributed by atoms with E-state index in [1.54, 1.807) is 24.7 Å². The molecule has 0 atom stereocenters. The second-order valence-electron chi connectivity index (χ2n) is 5.56. The van der Waals surface area contributed by atoms with E-state index >= 15 is 0 Å². The van der Waals surface area contributed by atoms with E-state index in [-0.39, 0.29) is 5.82 Å². The maximum atomic E-state index is 14.0. The summed E-state index contributed by atoms with van der Waals surface area (Å²) in [5.74, 6) is 0.868. The number of nitrogens with one attached hydrogen (secondary N) is 1. The third-order valence-corrected chi connectivity index (χ3v) is 3.98. The van der Waals surface area contributed by atoms with Gasteiger partial charge in [0.15, 0.2) is 11.6 Å². The Labute approximate surface area is 135 Å². The molecule has 3 rings (SSSR count). The molecule has 6 heteroatoms. The van der Waals surface area contributed by atoms with Crippen molar-refractivity contribution in [3.05, 3.63) is 47.8 Å². The van der Waals surface area contributed by atoms with Gasteiger partial charge >= 0.3 is 0 Å². The van der Waals surface area contributed by atoms with Gasteiger partial charge in [0.25, 0.3) is 0 Å². The first kappa shape index (κ1) is 15.4. The summed E-state index contributed by atoms with van der Waals surface area (Å²) < 4.78 is 14.0. The molecule has 2 aromatic heterocycles. The van der Waals surface area contributed by atoms with Gasteiger partial charge in [0.1, 0.15) is 5.82 Å². The minimum atomic E-state index is -0.292. The normalized spacial score (nSPS) is 15.0. The van der Waals surface area contributed by atoms with Crippen molar-refractivity contribution in [3.8, 4) is 0 Å². The Morgan fingerprint density at radius 1 is 1.26 bits per heavy atom. The van der Waals surface area contributed by atoms with E-state index in [2.05, 4.69) is 27.2 Å². The van der Waals surface area contributed by atoms with Gasteiger partial charge in [-0.2, -0.15) is 0 Å². The zero-order valence-corrected chi connectivity index (χ0v) is 13.4. The van der Waals surface area contributed by atoms with Gasteiger partial charge in [-0.1, -0.05) is 5.57 Å². The number of anilines is 2. The number of nitrogens with zero attached hydrogens (tertiary/aromatic N) is 4. The average molecular weight is 313 g/mol. The third-order valence-electron chi connectivity index (χ3n) is 3.98. The monoisotopic (exact) mass is 313 g/mol. The number of hydrogen-bond acceptors (Lipinski definition) is 5. The summed E-state index contributed by atoms with van der Waals surface area (Å²) in [5, 5.41) is 3.13. The van der Waals surface area contributed by atoms with Crippen LogP contribution in [0.4, 0.5) is 16.0 Å². The smallest absolute Gasteiger partial charge is 0.165 e. The van der Waals surface area contributed by atoms with Crippen LogP contribution in [0.1, 0.15) is 26.0 Å². The van der Waals surface area contributed by atoms with Crippen molar-refractivity contribution in [1.29, 1.82) is 0 Å².